The molecule has 0 radical (unpaired) electrons. The van der Waals surface area contributed by atoms with Crippen LogP contribution in [0.1, 0.15) is 30.5 Å². The van der Waals surface area contributed by atoms with Crippen molar-refractivity contribution in [1.29, 1.82) is 15.8 Å². The van der Waals surface area contributed by atoms with Crippen LogP contribution in [0.15, 0.2) is 54.6 Å². The Kier molecular flexibility index (Phi) is 4.53. The summed E-state index contributed by atoms with van der Waals surface area (Å²) >= 11 is 0. The predicted molar refractivity (Wildman–Crippen MR) is 104 cm³/mol. The van der Waals surface area contributed by atoms with Crippen molar-refractivity contribution < 1.29 is 0 Å². The second kappa shape index (κ2) is 6.94. The normalized spacial score (nSPS) is 9.81. The quantitative estimate of drug-likeness (QED) is 0.382. The van der Waals surface area contributed by atoms with E-state index in [1.165, 1.54) is 0 Å². The SMILES string of the molecule is CC.N#Cc1ccc2c(c1)c1ccc(C#N)cc1c1ccc(C#N)cc21. The Morgan fingerprint density at radius 3 is 0.962 bits per heavy atom. The van der Waals surface area contributed by atoms with Gasteiger partial charge in [-0.2, -0.15) is 15.8 Å². The van der Waals surface area contributed by atoms with E-state index in [0.717, 1.165) is 32.3 Å². The Morgan fingerprint density at radius 2 is 0.731 bits per heavy atom. The minimum absolute atomic E-state index is 0.587. The molecule has 0 N–H and O–H groups in total. The van der Waals surface area contributed by atoms with Gasteiger partial charge in [0.2, 0.25) is 0 Å². The summed E-state index contributed by atoms with van der Waals surface area (Å²) in [6, 6.07) is 23.2. The number of hydrogen-bond acceptors (Lipinski definition) is 3. The molecule has 0 heterocycles. The van der Waals surface area contributed by atoms with Gasteiger partial charge in [-0.05, 0) is 68.7 Å². The van der Waals surface area contributed by atoms with E-state index >= 15 is 0 Å². The first-order valence-electron chi connectivity index (χ1n) is 8.38. The molecule has 0 saturated heterocycles. The standard InChI is InChI=1S/C21H9N3.C2H6/c22-10-13-1-4-16-19(7-13)17-5-2-15(12-24)9-21(17)18-6-3-14(11-23)8-20(16)18;1-2/h1-9H;1-2H3. The molecule has 0 unspecified atom stereocenters. The molecule has 0 atom stereocenters. The number of nitriles is 3. The van der Waals surface area contributed by atoms with Gasteiger partial charge in [0.05, 0.1) is 34.9 Å². The van der Waals surface area contributed by atoms with Crippen molar-refractivity contribution in [2.75, 3.05) is 0 Å². The summed E-state index contributed by atoms with van der Waals surface area (Å²) in [5.74, 6) is 0. The first-order chi connectivity index (χ1) is 12.7. The third kappa shape index (κ3) is 2.61. The summed E-state index contributed by atoms with van der Waals surface area (Å²) < 4.78 is 0. The van der Waals surface area contributed by atoms with Gasteiger partial charge in [-0.3, -0.25) is 0 Å². The summed E-state index contributed by atoms with van der Waals surface area (Å²) in [4.78, 5) is 0. The van der Waals surface area contributed by atoms with E-state index in [9.17, 15) is 15.8 Å². The van der Waals surface area contributed by atoms with Crippen LogP contribution in [0, 0.1) is 34.0 Å². The van der Waals surface area contributed by atoms with Gasteiger partial charge in [0.25, 0.3) is 0 Å². The molecular weight excluding hydrogens is 318 g/mol. The van der Waals surface area contributed by atoms with Gasteiger partial charge < -0.3 is 0 Å². The molecule has 0 aliphatic rings. The van der Waals surface area contributed by atoms with E-state index in [1.54, 1.807) is 18.2 Å². The van der Waals surface area contributed by atoms with Gasteiger partial charge in [0, 0.05) is 0 Å². The Balaban J connectivity index is 0.000000948. The average molecular weight is 333 g/mol. The van der Waals surface area contributed by atoms with Crippen LogP contribution in [-0.4, -0.2) is 0 Å². The van der Waals surface area contributed by atoms with E-state index in [2.05, 4.69) is 18.2 Å². The fourth-order valence-electron chi connectivity index (χ4n) is 3.21. The molecule has 26 heavy (non-hydrogen) atoms. The molecule has 4 rings (SSSR count). The predicted octanol–water partition coefficient (Wildman–Crippen LogP) is 5.79. The van der Waals surface area contributed by atoms with E-state index in [1.807, 2.05) is 50.2 Å². The van der Waals surface area contributed by atoms with Gasteiger partial charge >= 0.3 is 0 Å². The minimum atomic E-state index is 0.587. The second-order valence-corrected chi connectivity index (χ2v) is 5.62. The molecule has 0 fully saturated rings. The van der Waals surface area contributed by atoms with Crippen molar-refractivity contribution in [2.24, 2.45) is 0 Å². The van der Waals surface area contributed by atoms with Crippen molar-refractivity contribution in [2.45, 2.75) is 13.8 Å². The lowest BCUT2D eigenvalue weighted by molar-refractivity contribution is 1.49. The highest BCUT2D eigenvalue weighted by Gasteiger charge is 2.10. The van der Waals surface area contributed by atoms with Crippen molar-refractivity contribution >= 4 is 32.3 Å². The first kappa shape index (κ1) is 17.0. The van der Waals surface area contributed by atoms with Crippen LogP contribution < -0.4 is 0 Å². The molecule has 122 valence electrons. The van der Waals surface area contributed by atoms with Crippen molar-refractivity contribution in [3.05, 3.63) is 71.3 Å². The highest BCUT2D eigenvalue weighted by Crippen LogP contribution is 2.36. The van der Waals surface area contributed by atoms with Crippen LogP contribution in [0.2, 0.25) is 0 Å². The Bertz CT molecular complexity index is 1090. The Labute approximate surface area is 151 Å². The van der Waals surface area contributed by atoms with Crippen molar-refractivity contribution in [3.63, 3.8) is 0 Å². The smallest absolute Gasteiger partial charge is 0.0991 e. The fraction of sp³-hybridized carbons (Fsp3) is 0.0870. The molecule has 0 spiro atoms. The van der Waals surface area contributed by atoms with Crippen LogP contribution in [0.25, 0.3) is 32.3 Å². The average Bonchev–Trinajstić information content (AvgIpc) is 2.74. The minimum Gasteiger partial charge on any atom is -0.192 e. The molecule has 0 amide bonds. The molecule has 3 heteroatoms. The lowest BCUT2D eigenvalue weighted by Gasteiger charge is -2.11. The van der Waals surface area contributed by atoms with Gasteiger partial charge in [-0.25, -0.2) is 0 Å². The molecule has 0 bridgehead atoms. The third-order valence-corrected chi connectivity index (χ3v) is 4.32. The van der Waals surface area contributed by atoms with Crippen LogP contribution >= 0.6 is 0 Å². The largest absolute Gasteiger partial charge is 0.192 e. The Hall–Kier alpha value is -3.87. The second-order valence-electron chi connectivity index (χ2n) is 5.62. The van der Waals surface area contributed by atoms with E-state index in [0.29, 0.717) is 16.7 Å². The zero-order valence-corrected chi connectivity index (χ0v) is 14.5. The van der Waals surface area contributed by atoms with E-state index in [4.69, 9.17) is 0 Å². The number of rotatable bonds is 0. The summed E-state index contributed by atoms with van der Waals surface area (Å²) in [6.07, 6.45) is 0. The number of nitrogens with zero attached hydrogens (tertiary/aromatic N) is 3. The third-order valence-electron chi connectivity index (χ3n) is 4.32. The molecule has 0 saturated carbocycles. The molecular formula is C23H15N3. The van der Waals surface area contributed by atoms with E-state index in [-0.39, 0.29) is 0 Å². The molecule has 3 nitrogen and oxygen atoms in total. The van der Waals surface area contributed by atoms with Crippen LogP contribution in [0.4, 0.5) is 0 Å². The molecule has 0 aliphatic carbocycles. The Morgan fingerprint density at radius 1 is 0.462 bits per heavy atom. The molecule has 4 aromatic carbocycles. The first-order valence-corrected chi connectivity index (χ1v) is 8.38. The maximum atomic E-state index is 9.21. The van der Waals surface area contributed by atoms with Crippen molar-refractivity contribution in [1.82, 2.24) is 0 Å². The van der Waals surface area contributed by atoms with Gasteiger partial charge in [0.15, 0.2) is 0 Å². The zero-order chi connectivity index (χ0) is 18.7. The van der Waals surface area contributed by atoms with Gasteiger partial charge in [-0.15, -0.1) is 0 Å². The number of benzene rings is 4. The molecule has 0 aliphatic heterocycles. The summed E-state index contributed by atoms with van der Waals surface area (Å²) in [6.45, 7) is 4.00. The van der Waals surface area contributed by atoms with Crippen LogP contribution in [0.5, 0.6) is 0 Å². The highest BCUT2D eigenvalue weighted by atomic mass is 14.3. The molecule has 4 aromatic rings. The maximum absolute atomic E-state index is 9.21. The number of fused-ring (bicyclic) bond motifs is 6. The van der Waals surface area contributed by atoms with Crippen LogP contribution in [-0.2, 0) is 0 Å². The van der Waals surface area contributed by atoms with Gasteiger partial charge in [-0.1, -0.05) is 32.0 Å². The monoisotopic (exact) mass is 333 g/mol. The van der Waals surface area contributed by atoms with Crippen molar-refractivity contribution in [3.8, 4) is 18.2 Å². The topological polar surface area (TPSA) is 71.4 Å². The zero-order valence-electron chi connectivity index (χ0n) is 14.5. The highest BCUT2D eigenvalue weighted by molar-refractivity contribution is 6.25. The lowest BCUT2D eigenvalue weighted by Crippen LogP contribution is -1.87. The molecule has 0 aromatic heterocycles. The maximum Gasteiger partial charge on any atom is 0.0991 e. The lowest BCUT2D eigenvalue weighted by atomic mass is 9.92. The van der Waals surface area contributed by atoms with Gasteiger partial charge in [0.1, 0.15) is 0 Å². The van der Waals surface area contributed by atoms with Crippen LogP contribution in [0.3, 0.4) is 0 Å². The number of hydrogen-bond donors (Lipinski definition) is 0. The summed E-state index contributed by atoms with van der Waals surface area (Å²) in [7, 11) is 0. The van der Waals surface area contributed by atoms with E-state index < -0.39 is 0 Å². The fourth-order valence-corrected chi connectivity index (χ4v) is 3.21. The summed E-state index contributed by atoms with van der Waals surface area (Å²) in [5, 5.41) is 33.5. The summed E-state index contributed by atoms with van der Waals surface area (Å²) in [5.41, 5.74) is 1.76.